The molecule has 0 spiro atoms. The van der Waals surface area contributed by atoms with Gasteiger partial charge in [0.2, 0.25) is 0 Å². The van der Waals surface area contributed by atoms with Gasteiger partial charge in [-0.3, -0.25) is 4.79 Å². The zero-order valence-corrected chi connectivity index (χ0v) is 18.3. The Labute approximate surface area is 194 Å². The van der Waals surface area contributed by atoms with E-state index in [-0.39, 0.29) is 23.2 Å². The Bertz CT molecular complexity index is 1180. The smallest absolute Gasteiger partial charge is 0.319 e. The average Bonchev–Trinajstić information content (AvgIpc) is 3.02. The number of nitrogens with zero attached hydrogens (tertiary/aromatic N) is 2. The van der Waals surface area contributed by atoms with E-state index in [1.54, 1.807) is 17.0 Å². The number of amides is 3. The molecule has 3 amide bonds. The lowest BCUT2D eigenvalue weighted by atomic mass is 10.1. The van der Waals surface area contributed by atoms with Crippen LogP contribution in [-0.2, 0) is 13.0 Å². The number of hydrogen-bond acceptors (Lipinski definition) is 3. The van der Waals surface area contributed by atoms with Crippen LogP contribution in [0, 0.1) is 11.6 Å². The number of fused-ring (bicyclic) bond motifs is 1. The quantitative estimate of drug-likeness (QED) is 0.507. The predicted molar refractivity (Wildman–Crippen MR) is 123 cm³/mol. The molecular formula is C24H21ClF2N4O2. The molecule has 0 radical (unpaired) electrons. The second-order valence-corrected chi connectivity index (χ2v) is 7.95. The van der Waals surface area contributed by atoms with E-state index in [2.05, 4.69) is 15.6 Å². The lowest BCUT2D eigenvalue weighted by Gasteiger charge is -2.23. The molecule has 2 aromatic carbocycles. The maximum absolute atomic E-state index is 13.7. The number of carbonyl (C=O) groups excluding carboxylic acids is 2. The summed E-state index contributed by atoms with van der Waals surface area (Å²) in [4.78, 5) is 31.2. The Morgan fingerprint density at radius 1 is 1.00 bits per heavy atom. The number of rotatable bonds is 4. The lowest BCUT2D eigenvalue weighted by Crippen LogP contribution is -2.32. The van der Waals surface area contributed by atoms with Crippen LogP contribution in [0.1, 0.15) is 34.5 Å². The molecule has 0 fully saturated rings. The third-order valence-corrected chi connectivity index (χ3v) is 5.66. The molecule has 2 N–H and O–H groups in total. The lowest BCUT2D eigenvalue weighted by molar-refractivity contribution is 0.0986. The van der Waals surface area contributed by atoms with Crippen molar-refractivity contribution in [2.45, 2.75) is 25.8 Å². The first-order valence-electron chi connectivity index (χ1n) is 10.5. The van der Waals surface area contributed by atoms with Crippen molar-refractivity contribution in [2.24, 2.45) is 0 Å². The normalized spacial score (nSPS) is 13.1. The second-order valence-electron chi connectivity index (χ2n) is 7.59. The van der Waals surface area contributed by atoms with Gasteiger partial charge in [-0.2, -0.15) is 0 Å². The maximum atomic E-state index is 13.7. The Hall–Kier alpha value is -3.52. The molecule has 9 heteroatoms. The number of pyridine rings is 1. The Kier molecular flexibility index (Phi) is 6.84. The molecule has 170 valence electrons. The van der Waals surface area contributed by atoms with Crippen molar-refractivity contribution >= 4 is 34.9 Å². The molecule has 4 rings (SSSR count). The van der Waals surface area contributed by atoms with Crippen molar-refractivity contribution in [3.05, 3.63) is 88.2 Å². The van der Waals surface area contributed by atoms with Crippen LogP contribution in [0.4, 0.5) is 25.0 Å². The van der Waals surface area contributed by atoms with Crippen molar-refractivity contribution in [1.29, 1.82) is 0 Å². The van der Waals surface area contributed by atoms with E-state index in [9.17, 15) is 18.4 Å². The highest BCUT2D eigenvalue weighted by Gasteiger charge is 2.24. The minimum Gasteiger partial charge on any atom is -0.332 e. The molecule has 6 nitrogen and oxygen atoms in total. The highest BCUT2D eigenvalue weighted by molar-refractivity contribution is 6.33. The van der Waals surface area contributed by atoms with E-state index < -0.39 is 23.4 Å². The van der Waals surface area contributed by atoms with E-state index >= 15 is 0 Å². The number of anilines is 2. The monoisotopic (exact) mass is 470 g/mol. The van der Waals surface area contributed by atoms with Crippen molar-refractivity contribution in [1.82, 2.24) is 10.3 Å². The molecule has 2 heterocycles. The van der Waals surface area contributed by atoms with Gasteiger partial charge in [-0.25, -0.2) is 18.6 Å². The summed E-state index contributed by atoms with van der Waals surface area (Å²) in [6.45, 7) is 0.533. The van der Waals surface area contributed by atoms with E-state index in [1.165, 1.54) is 6.07 Å². The third kappa shape index (κ3) is 5.12. The highest BCUT2D eigenvalue weighted by atomic mass is 35.5. The zero-order valence-electron chi connectivity index (χ0n) is 17.6. The average molecular weight is 471 g/mol. The Balaban J connectivity index is 1.44. The van der Waals surface area contributed by atoms with Gasteiger partial charge >= 0.3 is 6.03 Å². The number of urea groups is 1. The number of nitrogens with one attached hydrogen (secondary N) is 2. The standard InChI is InChI=1S/C24H21ClF2N4O2/c25-22-17(23(32)31-13-4-3-7-15-6-1-2-10-20(15)31)12-11-16(29-22)14-28-24(33)30-21-18(26)8-5-9-19(21)27/h1-2,5-6,8-12H,3-4,7,13-14H2,(H2,28,30,33). The van der Waals surface area contributed by atoms with E-state index in [4.69, 9.17) is 11.6 Å². The van der Waals surface area contributed by atoms with Crippen LogP contribution in [0.15, 0.2) is 54.6 Å². The maximum Gasteiger partial charge on any atom is 0.319 e. The molecule has 1 aliphatic heterocycles. The molecule has 0 saturated carbocycles. The summed E-state index contributed by atoms with van der Waals surface area (Å²) in [6.07, 6.45) is 2.79. The summed E-state index contributed by atoms with van der Waals surface area (Å²) in [5, 5.41) is 4.61. The van der Waals surface area contributed by atoms with Gasteiger partial charge in [0.15, 0.2) is 0 Å². The molecule has 0 aliphatic carbocycles. The first kappa shape index (κ1) is 22.7. The zero-order chi connectivity index (χ0) is 23.4. The number of hydrogen-bond donors (Lipinski definition) is 2. The number of aryl methyl sites for hydroxylation is 1. The summed E-state index contributed by atoms with van der Waals surface area (Å²) in [5.41, 5.74) is 2.09. The van der Waals surface area contributed by atoms with Crippen molar-refractivity contribution in [3.8, 4) is 0 Å². The van der Waals surface area contributed by atoms with Gasteiger partial charge in [-0.15, -0.1) is 0 Å². The van der Waals surface area contributed by atoms with Crippen LogP contribution in [-0.4, -0.2) is 23.5 Å². The van der Waals surface area contributed by atoms with Crippen LogP contribution in [0.25, 0.3) is 0 Å². The van der Waals surface area contributed by atoms with Gasteiger partial charge in [-0.05, 0) is 55.2 Å². The molecule has 1 aliphatic rings. The Morgan fingerprint density at radius 2 is 1.76 bits per heavy atom. The van der Waals surface area contributed by atoms with Crippen molar-refractivity contribution < 1.29 is 18.4 Å². The second kappa shape index (κ2) is 9.95. The summed E-state index contributed by atoms with van der Waals surface area (Å²) >= 11 is 6.31. The fourth-order valence-electron chi connectivity index (χ4n) is 3.72. The minimum absolute atomic E-state index is 0.0154. The molecule has 1 aromatic heterocycles. The fraction of sp³-hybridized carbons (Fsp3) is 0.208. The summed E-state index contributed by atoms with van der Waals surface area (Å²) in [6, 6.07) is 13.4. The number of benzene rings is 2. The Morgan fingerprint density at radius 3 is 2.52 bits per heavy atom. The van der Waals surface area contributed by atoms with Crippen LogP contribution >= 0.6 is 11.6 Å². The first-order valence-corrected chi connectivity index (χ1v) is 10.9. The van der Waals surface area contributed by atoms with E-state index in [0.717, 1.165) is 42.6 Å². The first-order chi connectivity index (χ1) is 15.9. The van der Waals surface area contributed by atoms with Gasteiger partial charge in [-0.1, -0.05) is 35.9 Å². The van der Waals surface area contributed by atoms with Gasteiger partial charge < -0.3 is 15.5 Å². The molecule has 0 bridgehead atoms. The molecule has 33 heavy (non-hydrogen) atoms. The van der Waals surface area contributed by atoms with Gasteiger partial charge in [0.25, 0.3) is 5.91 Å². The number of carbonyl (C=O) groups is 2. The predicted octanol–water partition coefficient (Wildman–Crippen LogP) is 5.32. The largest absolute Gasteiger partial charge is 0.332 e. The highest BCUT2D eigenvalue weighted by Crippen LogP contribution is 2.28. The van der Waals surface area contributed by atoms with Crippen molar-refractivity contribution in [2.75, 3.05) is 16.8 Å². The summed E-state index contributed by atoms with van der Waals surface area (Å²) < 4.78 is 27.3. The van der Waals surface area contributed by atoms with E-state index in [0.29, 0.717) is 12.2 Å². The van der Waals surface area contributed by atoms with E-state index in [1.807, 2.05) is 24.3 Å². The molecular weight excluding hydrogens is 450 g/mol. The van der Waals surface area contributed by atoms with Gasteiger partial charge in [0, 0.05) is 12.2 Å². The summed E-state index contributed by atoms with van der Waals surface area (Å²) in [5.74, 6) is -2.01. The van der Waals surface area contributed by atoms with Crippen LogP contribution in [0.2, 0.25) is 5.15 Å². The van der Waals surface area contributed by atoms with Crippen LogP contribution in [0.3, 0.4) is 0 Å². The summed E-state index contributed by atoms with van der Waals surface area (Å²) in [7, 11) is 0. The van der Waals surface area contributed by atoms with Gasteiger partial charge in [0.05, 0.1) is 17.8 Å². The number of aromatic nitrogens is 1. The van der Waals surface area contributed by atoms with Crippen molar-refractivity contribution in [3.63, 3.8) is 0 Å². The van der Waals surface area contributed by atoms with Gasteiger partial charge in [0.1, 0.15) is 22.5 Å². The fourth-order valence-corrected chi connectivity index (χ4v) is 3.98. The molecule has 3 aromatic rings. The van der Waals surface area contributed by atoms with Crippen LogP contribution in [0.5, 0.6) is 0 Å². The SMILES string of the molecule is O=C(NCc1ccc(C(=O)N2CCCCc3ccccc32)c(Cl)n1)Nc1c(F)cccc1F. The third-order valence-electron chi connectivity index (χ3n) is 5.37. The molecule has 0 atom stereocenters. The molecule has 0 unspecified atom stereocenters. The van der Waals surface area contributed by atoms with Crippen LogP contribution < -0.4 is 15.5 Å². The minimum atomic E-state index is -0.885. The topological polar surface area (TPSA) is 74.3 Å². The number of para-hydroxylation sites is 2. The molecule has 0 saturated heterocycles. The number of halogens is 3.